The Morgan fingerprint density at radius 1 is 1.46 bits per heavy atom. The fourth-order valence-electron chi connectivity index (χ4n) is 1.14. The normalized spacial score (nSPS) is 14.0. The first-order chi connectivity index (χ1) is 6.31. The maximum atomic E-state index is 13.2. The van der Waals surface area contributed by atoms with Gasteiger partial charge in [-0.05, 0) is 0 Å². The van der Waals surface area contributed by atoms with E-state index in [2.05, 4.69) is 6.07 Å². The van der Waals surface area contributed by atoms with Gasteiger partial charge in [-0.2, -0.15) is 0 Å². The Balaban J connectivity index is 2.47. The lowest BCUT2D eigenvalue weighted by Crippen LogP contribution is -2.16. The van der Waals surface area contributed by atoms with Crippen molar-refractivity contribution in [2.75, 3.05) is 20.3 Å². The molecule has 1 aromatic rings. The summed E-state index contributed by atoms with van der Waals surface area (Å²) in [7, 11) is 1.45. The van der Waals surface area contributed by atoms with Gasteiger partial charge in [-0.1, -0.05) is 0 Å². The lowest BCUT2D eigenvalue weighted by atomic mass is 10.2. The lowest BCUT2D eigenvalue weighted by Gasteiger charge is -2.18. The largest absolute Gasteiger partial charge is 0.496 e. The lowest BCUT2D eigenvalue weighted by molar-refractivity contribution is 0.163. The van der Waals surface area contributed by atoms with Crippen molar-refractivity contribution >= 4 is 0 Å². The van der Waals surface area contributed by atoms with Crippen LogP contribution in [0.1, 0.15) is 0 Å². The summed E-state index contributed by atoms with van der Waals surface area (Å²) >= 11 is 0. The van der Waals surface area contributed by atoms with Crippen molar-refractivity contribution < 1.29 is 18.6 Å². The second-order valence-corrected chi connectivity index (χ2v) is 2.54. The first-order valence-electron chi connectivity index (χ1n) is 3.86. The average molecular weight is 183 g/mol. The predicted molar refractivity (Wildman–Crippen MR) is 42.8 cm³/mol. The maximum Gasteiger partial charge on any atom is 0.198 e. The van der Waals surface area contributed by atoms with Crippen LogP contribution in [0.25, 0.3) is 0 Å². The van der Waals surface area contributed by atoms with Crippen molar-refractivity contribution in [3.63, 3.8) is 0 Å². The quantitative estimate of drug-likeness (QED) is 0.658. The second-order valence-electron chi connectivity index (χ2n) is 2.54. The molecule has 0 N–H and O–H groups in total. The number of methoxy groups -OCH3 is 1. The molecule has 1 radical (unpaired) electrons. The number of hydrogen-bond acceptors (Lipinski definition) is 3. The highest BCUT2D eigenvalue weighted by molar-refractivity contribution is 5.46. The Bertz CT molecular complexity index is 325. The summed E-state index contributed by atoms with van der Waals surface area (Å²) in [5.74, 6) is 0.224. The van der Waals surface area contributed by atoms with Gasteiger partial charge in [0, 0.05) is 6.07 Å². The van der Waals surface area contributed by atoms with Crippen LogP contribution < -0.4 is 14.2 Å². The van der Waals surface area contributed by atoms with Crippen LogP contribution in [-0.4, -0.2) is 20.3 Å². The molecule has 69 valence electrons. The summed E-state index contributed by atoms with van der Waals surface area (Å²) in [6.07, 6.45) is 0. The summed E-state index contributed by atoms with van der Waals surface area (Å²) in [5, 5.41) is 0. The van der Waals surface area contributed by atoms with Crippen LogP contribution in [0.2, 0.25) is 0 Å². The zero-order chi connectivity index (χ0) is 9.26. The molecular weight excluding hydrogens is 175 g/mol. The summed E-state index contributed by atoms with van der Waals surface area (Å²) < 4.78 is 28.3. The van der Waals surface area contributed by atoms with Gasteiger partial charge >= 0.3 is 0 Å². The molecule has 0 aromatic heterocycles. The third kappa shape index (κ3) is 1.39. The minimum atomic E-state index is -0.575. The van der Waals surface area contributed by atoms with E-state index in [0.717, 1.165) is 0 Å². The number of rotatable bonds is 1. The molecule has 0 spiro atoms. The molecular formula is C9H8FO3. The van der Waals surface area contributed by atoms with Crippen LogP contribution in [0.4, 0.5) is 4.39 Å². The molecule has 0 atom stereocenters. The van der Waals surface area contributed by atoms with Crippen molar-refractivity contribution in [3.05, 3.63) is 17.9 Å². The van der Waals surface area contributed by atoms with E-state index in [9.17, 15) is 4.39 Å². The monoisotopic (exact) mass is 183 g/mol. The van der Waals surface area contributed by atoms with E-state index in [1.165, 1.54) is 7.11 Å². The van der Waals surface area contributed by atoms with E-state index >= 15 is 0 Å². The molecule has 1 aliphatic heterocycles. The van der Waals surface area contributed by atoms with Gasteiger partial charge in [0.15, 0.2) is 17.3 Å². The summed E-state index contributed by atoms with van der Waals surface area (Å²) in [6.45, 7) is 0.795. The van der Waals surface area contributed by atoms with E-state index in [4.69, 9.17) is 14.2 Å². The number of ether oxygens (including phenoxy) is 3. The van der Waals surface area contributed by atoms with Crippen molar-refractivity contribution in [2.45, 2.75) is 0 Å². The minimum Gasteiger partial charge on any atom is -0.496 e. The Morgan fingerprint density at radius 2 is 2.23 bits per heavy atom. The number of fused-ring (bicyclic) bond motifs is 1. The van der Waals surface area contributed by atoms with Gasteiger partial charge in [0.1, 0.15) is 19.0 Å². The number of benzene rings is 1. The smallest absolute Gasteiger partial charge is 0.198 e. The second kappa shape index (κ2) is 3.12. The molecule has 4 heteroatoms. The van der Waals surface area contributed by atoms with Gasteiger partial charge in [0.25, 0.3) is 0 Å². The zero-order valence-corrected chi connectivity index (χ0v) is 7.09. The molecule has 0 unspecified atom stereocenters. The van der Waals surface area contributed by atoms with Crippen LogP contribution in [0, 0.1) is 11.9 Å². The Morgan fingerprint density at radius 3 is 3.00 bits per heavy atom. The van der Waals surface area contributed by atoms with Crippen molar-refractivity contribution in [2.24, 2.45) is 0 Å². The van der Waals surface area contributed by atoms with Crippen LogP contribution in [0.15, 0.2) is 6.07 Å². The molecule has 1 aliphatic rings. The highest BCUT2D eigenvalue weighted by atomic mass is 19.1. The number of hydrogen-bond donors (Lipinski definition) is 0. The molecule has 2 rings (SSSR count). The van der Waals surface area contributed by atoms with E-state index in [1.54, 1.807) is 6.07 Å². The van der Waals surface area contributed by atoms with Crippen molar-refractivity contribution in [1.29, 1.82) is 0 Å². The van der Waals surface area contributed by atoms with Gasteiger partial charge in [0.05, 0.1) is 13.2 Å². The Labute approximate surface area is 75.0 Å². The minimum absolute atomic E-state index is 0.118. The summed E-state index contributed by atoms with van der Waals surface area (Å²) in [6, 6.07) is 3.94. The SMILES string of the molecule is COc1[c]c(F)c2c(c1)OCCO2. The molecule has 1 aromatic carbocycles. The first-order valence-corrected chi connectivity index (χ1v) is 3.86. The average Bonchev–Trinajstić information content (AvgIpc) is 2.18. The standard InChI is InChI=1S/C9H8FO3/c1-11-6-4-7(10)9-8(5-6)12-2-3-13-9/h5H,2-3H2,1H3. The number of halogens is 1. The van der Waals surface area contributed by atoms with Crippen molar-refractivity contribution in [3.8, 4) is 17.2 Å². The molecule has 3 nitrogen and oxygen atoms in total. The molecule has 1 heterocycles. The third-order valence-corrected chi connectivity index (χ3v) is 1.73. The molecule has 0 saturated heterocycles. The topological polar surface area (TPSA) is 27.7 Å². The molecule has 13 heavy (non-hydrogen) atoms. The molecule has 0 bridgehead atoms. The molecule has 0 aliphatic carbocycles. The first kappa shape index (κ1) is 8.16. The highest BCUT2D eigenvalue weighted by Gasteiger charge is 2.18. The summed E-state index contributed by atoms with van der Waals surface area (Å²) in [4.78, 5) is 0. The van der Waals surface area contributed by atoms with Gasteiger partial charge in [-0.15, -0.1) is 0 Å². The highest BCUT2D eigenvalue weighted by Crippen LogP contribution is 2.35. The van der Waals surface area contributed by atoms with Crippen molar-refractivity contribution in [1.82, 2.24) is 0 Å². The zero-order valence-electron chi connectivity index (χ0n) is 7.09. The van der Waals surface area contributed by atoms with Crippen LogP contribution in [-0.2, 0) is 0 Å². The molecule has 0 amide bonds. The fraction of sp³-hybridized carbons (Fsp3) is 0.333. The maximum absolute atomic E-state index is 13.2. The fourth-order valence-corrected chi connectivity index (χ4v) is 1.14. The van der Waals surface area contributed by atoms with E-state index in [1.807, 2.05) is 0 Å². The van der Waals surface area contributed by atoms with E-state index < -0.39 is 5.82 Å². The van der Waals surface area contributed by atoms with Crippen LogP contribution in [0.5, 0.6) is 17.2 Å². The molecule has 0 fully saturated rings. The van der Waals surface area contributed by atoms with E-state index in [0.29, 0.717) is 24.7 Å². The van der Waals surface area contributed by atoms with E-state index in [-0.39, 0.29) is 5.75 Å². The predicted octanol–water partition coefficient (Wildman–Crippen LogP) is 1.41. The van der Waals surface area contributed by atoms with Gasteiger partial charge in [-0.3, -0.25) is 0 Å². The summed E-state index contributed by atoms with van der Waals surface area (Å²) in [5.41, 5.74) is 0. The van der Waals surface area contributed by atoms with Gasteiger partial charge in [-0.25, -0.2) is 4.39 Å². The Hall–Kier alpha value is -1.45. The van der Waals surface area contributed by atoms with Crippen LogP contribution >= 0.6 is 0 Å². The third-order valence-electron chi connectivity index (χ3n) is 1.73. The van der Waals surface area contributed by atoms with Crippen LogP contribution in [0.3, 0.4) is 0 Å². The van der Waals surface area contributed by atoms with Gasteiger partial charge in [0.2, 0.25) is 0 Å². The van der Waals surface area contributed by atoms with Gasteiger partial charge < -0.3 is 14.2 Å². The Kier molecular flexibility index (Phi) is 1.96. The molecule has 0 saturated carbocycles.